The average molecular weight is 243 g/mol. The molecule has 0 atom stereocenters. The van der Waals surface area contributed by atoms with Crippen molar-refractivity contribution in [3.63, 3.8) is 0 Å². The molecule has 0 radical (unpaired) electrons. The molecule has 3 nitrogen and oxygen atoms in total. The Morgan fingerprint density at radius 3 is 2.50 bits per heavy atom. The van der Waals surface area contributed by atoms with E-state index in [4.69, 9.17) is 5.73 Å². The summed E-state index contributed by atoms with van der Waals surface area (Å²) in [6.07, 6.45) is 2.89. The fourth-order valence-corrected chi connectivity index (χ4v) is 2.21. The Kier molecular flexibility index (Phi) is 3.41. The predicted molar refractivity (Wildman–Crippen MR) is 76.5 cm³/mol. The largest absolute Gasteiger partial charge is 0.383 e. The number of nitrogen functional groups attached to an aromatic ring is 1. The molecular weight excluding hydrogens is 222 g/mol. The second-order valence-electron chi connectivity index (χ2n) is 5.00. The van der Waals surface area contributed by atoms with Crippen molar-refractivity contribution in [3.05, 3.63) is 35.5 Å². The van der Waals surface area contributed by atoms with Gasteiger partial charge in [-0.25, -0.2) is 0 Å². The maximum atomic E-state index is 6.10. The molecule has 0 bridgehead atoms. The Hall–Kier alpha value is -1.77. The molecule has 0 saturated heterocycles. The second kappa shape index (κ2) is 4.84. The van der Waals surface area contributed by atoms with Crippen LogP contribution in [0.5, 0.6) is 0 Å². The van der Waals surface area contributed by atoms with E-state index in [1.807, 2.05) is 13.2 Å². The number of nitrogens with two attached hydrogens (primary N) is 1. The lowest BCUT2D eigenvalue weighted by atomic mass is 9.91. The zero-order chi connectivity index (χ0) is 13.3. The Morgan fingerprint density at radius 2 is 2.00 bits per heavy atom. The van der Waals surface area contributed by atoms with Crippen LogP contribution in [-0.2, 0) is 13.5 Å². The highest BCUT2D eigenvalue weighted by Crippen LogP contribution is 2.33. The number of aromatic nitrogens is 2. The van der Waals surface area contributed by atoms with Gasteiger partial charge in [-0.1, -0.05) is 39.0 Å². The second-order valence-corrected chi connectivity index (χ2v) is 5.00. The van der Waals surface area contributed by atoms with Gasteiger partial charge in [0, 0.05) is 12.6 Å². The summed E-state index contributed by atoms with van der Waals surface area (Å²) in [6, 6.07) is 6.65. The molecule has 1 heterocycles. The van der Waals surface area contributed by atoms with Gasteiger partial charge in [-0.2, -0.15) is 5.10 Å². The van der Waals surface area contributed by atoms with Crippen LogP contribution in [0.4, 0.5) is 5.82 Å². The Morgan fingerprint density at radius 1 is 1.28 bits per heavy atom. The van der Waals surface area contributed by atoms with Crippen LogP contribution in [0, 0.1) is 0 Å². The summed E-state index contributed by atoms with van der Waals surface area (Å²) in [6.45, 7) is 6.58. The highest BCUT2D eigenvalue weighted by Gasteiger charge is 2.14. The molecule has 0 fully saturated rings. The molecule has 18 heavy (non-hydrogen) atoms. The first kappa shape index (κ1) is 12.7. The molecule has 1 aromatic heterocycles. The SMILES string of the molecule is CCc1ccc(C(C)C)c(-c2cnn(C)c2N)c1. The molecule has 2 rings (SSSR count). The van der Waals surface area contributed by atoms with Crippen LogP contribution in [-0.4, -0.2) is 9.78 Å². The third-order valence-corrected chi connectivity index (χ3v) is 3.42. The Bertz CT molecular complexity index is 553. The minimum absolute atomic E-state index is 0.477. The molecule has 0 saturated carbocycles. The quantitative estimate of drug-likeness (QED) is 0.898. The molecule has 2 N–H and O–H groups in total. The molecule has 0 spiro atoms. The van der Waals surface area contributed by atoms with Crippen LogP contribution < -0.4 is 5.73 Å². The van der Waals surface area contributed by atoms with Gasteiger partial charge >= 0.3 is 0 Å². The van der Waals surface area contributed by atoms with E-state index in [9.17, 15) is 0 Å². The topological polar surface area (TPSA) is 43.8 Å². The minimum Gasteiger partial charge on any atom is -0.383 e. The van der Waals surface area contributed by atoms with Crippen molar-refractivity contribution in [1.29, 1.82) is 0 Å². The van der Waals surface area contributed by atoms with E-state index in [0.717, 1.165) is 17.8 Å². The van der Waals surface area contributed by atoms with Crippen molar-refractivity contribution in [2.24, 2.45) is 7.05 Å². The first-order valence-corrected chi connectivity index (χ1v) is 6.45. The summed E-state index contributed by atoms with van der Waals surface area (Å²) in [5.41, 5.74) is 11.0. The van der Waals surface area contributed by atoms with Crippen molar-refractivity contribution in [1.82, 2.24) is 9.78 Å². The van der Waals surface area contributed by atoms with Crippen LogP contribution >= 0.6 is 0 Å². The molecule has 0 aliphatic heterocycles. The zero-order valence-corrected chi connectivity index (χ0v) is 11.6. The number of anilines is 1. The Labute approximate surface area is 109 Å². The van der Waals surface area contributed by atoms with Gasteiger partial charge in [0.05, 0.1) is 6.20 Å². The summed E-state index contributed by atoms with van der Waals surface area (Å²) in [5.74, 6) is 1.20. The molecule has 0 amide bonds. The summed E-state index contributed by atoms with van der Waals surface area (Å²) >= 11 is 0. The number of hydrogen-bond donors (Lipinski definition) is 1. The monoisotopic (exact) mass is 243 g/mol. The van der Waals surface area contributed by atoms with Crippen molar-refractivity contribution < 1.29 is 0 Å². The molecule has 3 heteroatoms. The van der Waals surface area contributed by atoms with E-state index in [-0.39, 0.29) is 0 Å². The van der Waals surface area contributed by atoms with Gasteiger partial charge < -0.3 is 5.73 Å². The van der Waals surface area contributed by atoms with E-state index in [1.165, 1.54) is 16.7 Å². The summed E-state index contributed by atoms with van der Waals surface area (Å²) in [7, 11) is 1.87. The molecule has 0 aliphatic carbocycles. The summed E-state index contributed by atoms with van der Waals surface area (Å²) < 4.78 is 1.72. The van der Waals surface area contributed by atoms with E-state index in [2.05, 4.69) is 44.1 Å². The van der Waals surface area contributed by atoms with Gasteiger partial charge in [-0.05, 0) is 29.0 Å². The third kappa shape index (κ3) is 2.13. The van der Waals surface area contributed by atoms with Gasteiger partial charge in [0.25, 0.3) is 0 Å². The van der Waals surface area contributed by atoms with Gasteiger partial charge in [-0.15, -0.1) is 0 Å². The molecular formula is C15H21N3. The third-order valence-electron chi connectivity index (χ3n) is 3.42. The number of nitrogens with zero attached hydrogens (tertiary/aromatic N) is 2. The lowest BCUT2D eigenvalue weighted by molar-refractivity contribution is 0.779. The number of aryl methyl sites for hydroxylation is 2. The number of rotatable bonds is 3. The zero-order valence-electron chi connectivity index (χ0n) is 11.6. The standard InChI is InChI=1S/C15H21N3/c1-5-11-6-7-12(10(2)3)13(8-11)14-9-17-18(4)15(14)16/h6-10H,5,16H2,1-4H3. The molecule has 96 valence electrons. The lowest BCUT2D eigenvalue weighted by Crippen LogP contribution is -2.00. The first-order chi connectivity index (χ1) is 8.54. The van der Waals surface area contributed by atoms with Gasteiger partial charge in [0.1, 0.15) is 5.82 Å². The van der Waals surface area contributed by atoms with Gasteiger partial charge in [-0.3, -0.25) is 4.68 Å². The minimum atomic E-state index is 0.477. The fraction of sp³-hybridized carbons (Fsp3) is 0.400. The van der Waals surface area contributed by atoms with E-state index in [0.29, 0.717) is 5.92 Å². The van der Waals surface area contributed by atoms with Crippen LogP contribution in [0.2, 0.25) is 0 Å². The average Bonchev–Trinajstić information content (AvgIpc) is 2.69. The van der Waals surface area contributed by atoms with E-state index >= 15 is 0 Å². The normalized spacial score (nSPS) is 11.2. The van der Waals surface area contributed by atoms with Gasteiger partial charge in [0.15, 0.2) is 0 Å². The smallest absolute Gasteiger partial charge is 0.129 e. The maximum absolute atomic E-state index is 6.10. The Balaban J connectivity index is 2.63. The predicted octanol–water partition coefficient (Wildman–Crippen LogP) is 3.36. The summed E-state index contributed by atoms with van der Waals surface area (Å²) in [5, 5.41) is 4.24. The van der Waals surface area contributed by atoms with Crippen LogP contribution in [0.25, 0.3) is 11.1 Å². The molecule has 2 aromatic rings. The molecule has 1 aromatic carbocycles. The van der Waals surface area contributed by atoms with Crippen molar-refractivity contribution in [2.75, 3.05) is 5.73 Å². The van der Waals surface area contributed by atoms with Gasteiger partial charge in [0.2, 0.25) is 0 Å². The van der Waals surface area contributed by atoms with E-state index in [1.54, 1.807) is 4.68 Å². The number of hydrogen-bond acceptors (Lipinski definition) is 2. The van der Waals surface area contributed by atoms with E-state index < -0.39 is 0 Å². The fourth-order valence-electron chi connectivity index (χ4n) is 2.21. The van der Waals surface area contributed by atoms with Crippen LogP contribution in [0.15, 0.2) is 24.4 Å². The molecule has 0 aliphatic rings. The lowest BCUT2D eigenvalue weighted by Gasteiger charge is -2.14. The maximum Gasteiger partial charge on any atom is 0.129 e. The first-order valence-electron chi connectivity index (χ1n) is 6.45. The van der Waals surface area contributed by atoms with Crippen molar-refractivity contribution in [3.8, 4) is 11.1 Å². The van der Waals surface area contributed by atoms with Crippen molar-refractivity contribution >= 4 is 5.82 Å². The summed E-state index contributed by atoms with van der Waals surface area (Å²) in [4.78, 5) is 0. The van der Waals surface area contributed by atoms with Crippen molar-refractivity contribution in [2.45, 2.75) is 33.1 Å². The van der Waals surface area contributed by atoms with Crippen LogP contribution in [0.1, 0.15) is 37.8 Å². The van der Waals surface area contributed by atoms with Crippen LogP contribution in [0.3, 0.4) is 0 Å². The highest BCUT2D eigenvalue weighted by molar-refractivity contribution is 5.77. The number of benzene rings is 1. The molecule has 0 unspecified atom stereocenters. The highest BCUT2D eigenvalue weighted by atomic mass is 15.3.